The fourth-order valence-electron chi connectivity index (χ4n) is 1.45. The summed E-state index contributed by atoms with van der Waals surface area (Å²) >= 11 is 0. The number of methoxy groups -OCH3 is 1. The van der Waals surface area contributed by atoms with E-state index < -0.39 is 0 Å². The quantitative estimate of drug-likeness (QED) is 0.685. The minimum Gasteiger partial charge on any atom is -0.497 e. The van der Waals surface area contributed by atoms with Gasteiger partial charge in [-0.2, -0.15) is 4.91 Å². The fraction of sp³-hybridized carbons (Fsp3) is 0.385. The molecule has 0 saturated heterocycles. The molecule has 0 radical (unpaired) electrons. The Morgan fingerprint density at radius 2 is 2.31 bits per heavy atom. The summed E-state index contributed by atoms with van der Waals surface area (Å²) in [5, 5.41) is 3.07. The lowest BCUT2D eigenvalue weighted by Gasteiger charge is -2.02. The van der Waals surface area contributed by atoms with E-state index in [2.05, 4.69) is 5.18 Å². The van der Waals surface area contributed by atoms with E-state index in [9.17, 15) is 4.91 Å². The van der Waals surface area contributed by atoms with Crippen LogP contribution in [0.5, 0.6) is 5.75 Å². The van der Waals surface area contributed by atoms with Crippen molar-refractivity contribution >= 4 is 6.08 Å². The van der Waals surface area contributed by atoms with Crippen LogP contribution in [0.3, 0.4) is 0 Å². The molecule has 0 amide bonds. The highest BCUT2D eigenvalue weighted by atomic mass is 16.5. The van der Waals surface area contributed by atoms with Crippen LogP contribution < -0.4 is 4.74 Å². The number of ether oxygens (including phenoxy) is 1. The second-order valence-electron chi connectivity index (χ2n) is 3.60. The van der Waals surface area contributed by atoms with Crippen LogP contribution >= 0.6 is 0 Å². The van der Waals surface area contributed by atoms with Gasteiger partial charge in [0, 0.05) is 0 Å². The predicted molar refractivity (Wildman–Crippen MR) is 66.5 cm³/mol. The van der Waals surface area contributed by atoms with Gasteiger partial charge in [-0.1, -0.05) is 42.8 Å². The monoisotopic (exact) mass is 219 g/mol. The molecule has 1 rings (SSSR count). The molecule has 0 heterocycles. The summed E-state index contributed by atoms with van der Waals surface area (Å²) in [7, 11) is 1.63. The number of nitroso groups, excluding NO2 is 1. The minimum atomic E-state index is -0.226. The molecule has 3 heteroatoms. The van der Waals surface area contributed by atoms with Crippen LogP contribution in [0, 0.1) is 4.91 Å². The Balaban J connectivity index is 2.70. The van der Waals surface area contributed by atoms with Crippen molar-refractivity contribution in [2.45, 2.75) is 25.8 Å². The number of rotatable bonds is 6. The maximum Gasteiger partial charge on any atom is 0.119 e. The predicted octanol–water partition coefficient (Wildman–Crippen LogP) is 3.64. The number of nitrogens with zero attached hydrogens (tertiary/aromatic N) is 1. The zero-order valence-corrected chi connectivity index (χ0v) is 9.72. The van der Waals surface area contributed by atoms with Gasteiger partial charge in [0.25, 0.3) is 0 Å². The highest BCUT2D eigenvalue weighted by molar-refractivity contribution is 5.52. The average molecular weight is 219 g/mol. The molecule has 0 aliphatic carbocycles. The van der Waals surface area contributed by atoms with Gasteiger partial charge in [-0.15, -0.1) is 0 Å². The van der Waals surface area contributed by atoms with Gasteiger partial charge in [0.2, 0.25) is 0 Å². The van der Waals surface area contributed by atoms with E-state index in [-0.39, 0.29) is 6.04 Å². The maximum atomic E-state index is 10.5. The van der Waals surface area contributed by atoms with Crippen molar-refractivity contribution in [1.82, 2.24) is 0 Å². The van der Waals surface area contributed by atoms with E-state index in [0.29, 0.717) is 0 Å². The van der Waals surface area contributed by atoms with E-state index in [1.54, 1.807) is 7.11 Å². The van der Waals surface area contributed by atoms with E-state index in [4.69, 9.17) is 4.74 Å². The molecule has 0 saturated carbocycles. The van der Waals surface area contributed by atoms with Crippen molar-refractivity contribution in [2.75, 3.05) is 7.11 Å². The van der Waals surface area contributed by atoms with Crippen molar-refractivity contribution in [1.29, 1.82) is 0 Å². The first kappa shape index (κ1) is 12.4. The fourth-order valence-corrected chi connectivity index (χ4v) is 1.45. The molecule has 0 aliphatic rings. The SMILES string of the molecule is CCCC(C=Cc1cccc(OC)c1)N=O. The Bertz CT molecular complexity index is 361. The van der Waals surface area contributed by atoms with Crippen LogP contribution in [-0.4, -0.2) is 13.2 Å². The smallest absolute Gasteiger partial charge is 0.119 e. The standard InChI is InChI=1S/C13H17NO2/c1-3-5-12(14-15)9-8-11-6-4-7-13(10-11)16-2/h4,6-10,12H,3,5H2,1-2H3. The minimum absolute atomic E-state index is 0.226. The van der Waals surface area contributed by atoms with Crippen LogP contribution in [-0.2, 0) is 0 Å². The molecule has 16 heavy (non-hydrogen) atoms. The molecule has 0 aromatic heterocycles. The lowest BCUT2D eigenvalue weighted by Crippen LogP contribution is -1.96. The van der Waals surface area contributed by atoms with Crippen LogP contribution in [0.15, 0.2) is 35.5 Å². The molecule has 0 aliphatic heterocycles. The molecule has 0 fully saturated rings. The molecule has 0 N–H and O–H groups in total. The van der Waals surface area contributed by atoms with E-state index in [1.165, 1.54) is 0 Å². The van der Waals surface area contributed by atoms with Gasteiger partial charge in [0.15, 0.2) is 0 Å². The van der Waals surface area contributed by atoms with Crippen molar-refractivity contribution in [3.63, 3.8) is 0 Å². The largest absolute Gasteiger partial charge is 0.497 e. The van der Waals surface area contributed by atoms with Crippen molar-refractivity contribution in [2.24, 2.45) is 5.18 Å². The zero-order valence-electron chi connectivity index (χ0n) is 9.72. The van der Waals surface area contributed by atoms with Crippen molar-refractivity contribution in [3.8, 4) is 5.75 Å². The Kier molecular flexibility index (Phi) is 5.26. The van der Waals surface area contributed by atoms with Gasteiger partial charge < -0.3 is 4.74 Å². The van der Waals surface area contributed by atoms with Crippen LogP contribution in [0.2, 0.25) is 0 Å². The van der Waals surface area contributed by atoms with Gasteiger partial charge in [-0.3, -0.25) is 0 Å². The summed E-state index contributed by atoms with van der Waals surface area (Å²) in [4.78, 5) is 10.5. The molecule has 3 nitrogen and oxygen atoms in total. The first-order chi connectivity index (χ1) is 7.80. The molecular weight excluding hydrogens is 202 g/mol. The molecule has 86 valence electrons. The summed E-state index contributed by atoms with van der Waals surface area (Å²) in [6.45, 7) is 2.04. The van der Waals surface area contributed by atoms with Gasteiger partial charge >= 0.3 is 0 Å². The number of hydrogen-bond acceptors (Lipinski definition) is 3. The van der Waals surface area contributed by atoms with Gasteiger partial charge in [0.05, 0.1) is 7.11 Å². The Morgan fingerprint density at radius 1 is 1.50 bits per heavy atom. The average Bonchev–Trinajstić information content (AvgIpc) is 2.34. The third kappa shape index (κ3) is 3.85. The highest BCUT2D eigenvalue weighted by Crippen LogP contribution is 2.14. The lowest BCUT2D eigenvalue weighted by molar-refractivity contribution is 0.414. The first-order valence-electron chi connectivity index (χ1n) is 5.45. The van der Waals surface area contributed by atoms with Gasteiger partial charge in [0.1, 0.15) is 11.8 Å². The molecule has 1 atom stereocenters. The summed E-state index contributed by atoms with van der Waals surface area (Å²) in [5.74, 6) is 0.813. The number of benzene rings is 1. The molecule has 0 bridgehead atoms. The van der Waals surface area contributed by atoms with E-state index in [0.717, 1.165) is 24.2 Å². The summed E-state index contributed by atoms with van der Waals surface area (Å²) < 4.78 is 5.12. The number of hydrogen-bond donors (Lipinski definition) is 0. The Hall–Kier alpha value is -1.64. The topological polar surface area (TPSA) is 38.7 Å². The van der Waals surface area contributed by atoms with E-state index in [1.807, 2.05) is 43.3 Å². The van der Waals surface area contributed by atoms with Crippen LogP contribution in [0.4, 0.5) is 0 Å². The second kappa shape index (κ2) is 6.77. The van der Waals surface area contributed by atoms with Crippen LogP contribution in [0.1, 0.15) is 25.3 Å². The highest BCUT2D eigenvalue weighted by Gasteiger charge is 2.01. The molecule has 1 unspecified atom stereocenters. The maximum absolute atomic E-state index is 10.5. The lowest BCUT2D eigenvalue weighted by atomic mass is 10.1. The third-order valence-corrected chi connectivity index (χ3v) is 2.32. The summed E-state index contributed by atoms with van der Waals surface area (Å²) in [6.07, 6.45) is 5.50. The molecular formula is C13H17NO2. The molecule has 0 spiro atoms. The summed E-state index contributed by atoms with van der Waals surface area (Å²) in [5.41, 5.74) is 1.02. The Labute approximate surface area is 96.1 Å². The van der Waals surface area contributed by atoms with Gasteiger partial charge in [-0.05, 0) is 24.1 Å². The van der Waals surface area contributed by atoms with Crippen molar-refractivity contribution < 1.29 is 4.74 Å². The first-order valence-corrected chi connectivity index (χ1v) is 5.45. The zero-order chi connectivity index (χ0) is 11.8. The third-order valence-electron chi connectivity index (χ3n) is 2.32. The molecule has 1 aromatic rings. The van der Waals surface area contributed by atoms with Gasteiger partial charge in [-0.25, -0.2) is 0 Å². The van der Waals surface area contributed by atoms with Crippen molar-refractivity contribution in [3.05, 3.63) is 40.8 Å². The summed E-state index contributed by atoms with van der Waals surface area (Å²) in [6, 6.07) is 7.47. The normalized spacial score (nSPS) is 12.6. The van der Waals surface area contributed by atoms with E-state index >= 15 is 0 Å². The van der Waals surface area contributed by atoms with Crippen LogP contribution in [0.25, 0.3) is 6.08 Å². The second-order valence-corrected chi connectivity index (χ2v) is 3.60. The molecule has 1 aromatic carbocycles. The Morgan fingerprint density at radius 3 is 2.94 bits per heavy atom.